The first-order valence-electron chi connectivity index (χ1n) is 5.51. The quantitative estimate of drug-likeness (QED) is 0.656. The molecule has 0 aromatic carbocycles. The Morgan fingerprint density at radius 3 is 1.88 bits per heavy atom. The summed E-state index contributed by atoms with van der Waals surface area (Å²) < 4.78 is 0. The summed E-state index contributed by atoms with van der Waals surface area (Å²) in [6.45, 7) is 8.34. The Balaban J connectivity index is 2.95. The Labute approximate surface area is 96.5 Å². The number of fused-ring (bicyclic) bond motifs is 1. The Hall–Kier alpha value is -1.63. The van der Waals surface area contributed by atoms with Crippen molar-refractivity contribution in [1.29, 1.82) is 0 Å². The normalized spacial score (nSPS) is 10.8. The van der Waals surface area contributed by atoms with Crippen LogP contribution < -0.4 is 0 Å². The maximum absolute atomic E-state index is 11.1. The first kappa shape index (κ1) is 10.9. The molecule has 2 aliphatic rings. The Morgan fingerprint density at radius 2 is 1.31 bits per heavy atom. The van der Waals surface area contributed by atoms with Crippen LogP contribution >= 0.6 is 0 Å². The molecular weight excluding hydrogens is 196 g/mol. The Bertz CT molecular complexity index is 538. The predicted octanol–water partition coefficient (Wildman–Crippen LogP) is 3.84. The van der Waals surface area contributed by atoms with E-state index in [9.17, 15) is 4.79 Å². The zero-order valence-corrected chi connectivity index (χ0v) is 10.2. The van der Waals surface area contributed by atoms with Crippen LogP contribution in [-0.4, -0.2) is 6.29 Å². The maximum Gasteiger partial charge on any atom is 0.150 e. The molecule has 0 bridgehead atoms. The summed E-state index contributed by atoms with van der Waals surface area (Å²) in [5, 5.41) is 0. The van der Waals surface area contributed by atoms with Crippen LogP contribution in [0.1, 0.15) is 32.6 Å². The molecule has 2 aliphatic carbocycles. The van der Waals surface area contributed by atoms with Crippen molar-refractivity contribution in [3.05, 3.63) is 46.0 Å². The molecule has 0 saturated carbocycles. The second-order valence-electron chi connectivity index (χ2n) is 4.55. The number of aryl methyl sites for hydroxylation is 4. The van der Waals surface area contributed by atoms with Gasteiger partial charge < -0.3 is 0 Å². The molecular formula is C15H16O. The molecule has 0 atom stereocenters. The van der Waals surface area contributed by atoms with E-state index in [1.807, 2.05) is 6.07 Å². The lowest BCUT2D eigenvalue weighted by Crippen LogP contribution is -1.84. The van der Waals surface area contributed by atoms with Gasteiger partial charge in [0.05, 0.1) is 0 Å². The van der Waals surface area contributed by atoms with Gasteiger partial charge in [0.2, 0.25) is 0 Å². The summed E-state index contributed by atoms with van der Waals surface area (Å²) in [5.41, 5.74) is 7.99. The fourth-order valence-corrected chi connectivity index (χ4v) is 2.61. The van der Waals surface area contributed by atoms with Crippen molar-refractivity contribution in [3.8, 4) is 11.1 Å². The van der Waals surface area contributed by atoms with Crippen LogP contribution in [0.3, 0.4) is 0 Å². The number of aldehydes is 1. The van der Waals surface area contributed by atoms with Crippen LogP contribution in [0.25, 0.3) is 11.1 Å². The minimum Gasteiger partial charge on any atom is -0.298 e. The van der Waals surface area contributed by atoms with Crippen molar-refractivity contribution in [1.82, 2.24) is 0 Å². The molecule has 2 rings (SSSR count). The van der Waals surface area contributed by atoms with Gasteiger partial charge in [0.1, 0.15) is 0 Å². The van der Waals surface area contributed by atoms with Crippen LogP contribution in [-0.2, 0) is 0 Å². The number of carbonyl (C=O) groups is 1. The highest BCUT2D eigenvalue weighted by Gasteiger charge is 2.16. The lowest BCUT2D eigenvalue weighted by molar-refractivity contribution is 0.112. The zero-order chi connectivity index (χ0) is 11.9. The van der Waals surface area contributed by atoms with Gasteiger partial charge in [-0.1, -0.05) is 17.7 Å². The average Bonchev–Trinajstić information content (AvgIpc) is 2.48. The summed E-state index contributed by atoms with van der Waals surface area (Å²) in [6.07, 6.45) is 0.955. The van der Waals surface area contributed by atoms with E-state index >= 15 is 0 Å². The number of hydrogen-bond donors (Lipinski definition) is 0. The molecule has 0 spiro atoms. The van der Waals surface area contributed by atoms with E-state index < -0.39 is 0 Å². The molecule has 0 saturated heterocycles. The standard InChI is InChI=1S/C15H16O/c1-9-5-10(2)14-12(4)7-13(8-16)15(14)11(3)6-9/h5-8H,1-4H3. The Kier molecular flexibility index (Phi) is 2.55. The van der Waals surface area contributed by atoms with Gasteiger partial charge in [-0.3, -0.25) is 4.79 Å². The van der Waals surface area contributed by atoms with Gasteiger partial charge in [0, 0.05) is 5.56 Å². The minimum atomic E-state index is 0.809. The van der Waals surface area contributed by atoms with Crippen molar-refractivity contribution in [2.24, 2.45) is 0 Å². The summed E-state index contributed by atoms with van der Waals surface area (Å²) >= 11 is 0. The van der Waals surface area contributed by atoms with Crippen molar-refractivity contribution in [2.45, 2.75) is 27.7 Å². The minimum absolute atomic E-state index is 0.809. The van der Waals surface area contributed by atoms with Crippen molar-refractivity contribution in [3.63, 3.8) is 0 Å². The lowest BCUT2D eigenvalue weighted by atomic mass is 10.0. The topological polar surface area (TPSA) is 17.1 Å². The number of carbonyl (C=O) groups excluding carboxylic acids is 1. The Morgan fingerprint density at radius 1 is 0.812 bits per heavy atom. The summed E-state index contributed by atoms with van der Waals surface area (Å²) in [6, 6.07) is 6.30. The highest BCUT2D eigenvalue weighted by atomic mass is 16.1. The van der Waals surface area contributed by atoms with Gasteiger partial charge in [0.15, 0.2) is 6.29 Å². The van der Waals surface area contributed by atoms with Gasteiger partial charge in [-0.25, -0.2) is 0 Å². The number of rotatable bonds is 1. The van der Waals surface area contributed by atoms with Crippen LogP contribution in [0.5, 0.6) is 0 Å². The summed E-state index contributed by atoms with van der Waals surface area (Å²) in [7, 11) is 0. The molecule has 1 heteroatoms. The molecule has 0 unspecified atom stereocenters. The molecule has 0 aromatic rings. The van der Waals surface area contributed by atoms with E-state index in [0.29, 0.717) is 0 Å². The fraction of sp³-hybridized carbons (Fsp3) is 0.267. The van der Waals surface area contributed by atoms with Gasteiger partial charge in [0.25, 0.3) is 0 Å². The smallest absolute Gasteiger partial charge is 0.150 e. The van der Waals surface area contributed by atoms with E-state index in [1.54, 1.807) is 0 Å². The van der Waals surface area contributed by atoms with Crippen molar-refractivity contribution < 1.29 is 4.79 Å². The van der Waals surface area contributed by atoms with E-state index in [2.05, 4.69) is 39.8 Å². The summed E-state index contributed by atoms with van der Waals surface area (Å²) in [4.78, 5) is 11.1. The molecule has 82 valence electrons. The fourth-order valence-electron chi connectivity index (χ4n) is 2.61. The molecule has 0 aliphatic heterocycles. The predicted molar refractivity (Wildman–Crippen MR) is 67.4 cm³/mol. The van der Waals surface area contributed by atoms with E-state index in [1.165, 1.54) is 27.8 Å². The third-order valence-corrected chi connectivity index (χ3v) is 3.11. The van der Waals surface area contributed by atoms with Crippen LogP contribution in [0, 0.1) is 27.7 Å². The average molecular weight is 212 g/mol. The monoisotopic (exact) mass is 212 g/mol. The van der Waals surface area contributed by atoms with Gasteiger partial charge in [-0.2, -0.15) is 0 Å². The lowest BCUT2D eigenvalue weighted by Gasteiger charge is -2.03. The molecule has 0 fully saturated rings. The molecule has 0 heterocycles. The molecule has 0 aromatic heterocycles. The van der Waals surface area contributed by atoms with E-state index in [-0.39, 0.29) is 0 Å². The van der Waals surface area contributed by atoms with Gasteiger partial charge in [-0.15, -0.1) is 0 Å². The third-order valence-electron chi connectivity index (χ3n) is 3.11. The first-order chi connectivity index (χ1) is 7.54. The molecule has 16 heavy (non-hydrogen) atoms. The van der Waals surface area contributed by atoms with E-state index in [0.717, 1.165) is 17.4 Å². The first-order valence-corrected chi connectivity index (χ1v) is 5.51. The second kappa shape index (κ2) is 3.75. The SMILES string of the molecule is Cc1cc(C)c2c(C)cc(C=O)c-2c(C)c1. The number of hydrogen-bond acceptors (Lipinski definition) is 1. The molecule has 1 nitrogen and oxygen atoms in total. The van der Waals surface area contributed by atoms with Crippen LogP contribution in [0.2, 0.25) is 0 Å². The maximum atomic E-state index is 11.1. The third kappa shape index (κ3) is 1.53. The largest absolute Gasteiger partial charge is 0.298 e. The van der Waals surface area contributed by atoms with Crippen molar-refractivity contribution in [2.75, 3.05) is 0 Å². The zero-order valence-electron chi connectivity index (χ0n) is 10.2. The highest BCUT2D eigenvalue weighted by Crippen LogP contribution is 2.36. The molecule has 0 amide bonds. The van der Waals surface area contributed by atoms with Gasteiger partial charge in [-0.05, 0) is 61.6 Å². The molecule has 0 N–H and O–H groups in total. The van der Waals surface area contributed by atoms with E-state index in [4.69, 9.17) is 0 Å². The molecule has 0 radical (unpaired) electrons. The highest BCUT2D eigenvalue weighted by molar-refractivity contribution is 5.94. The van der Waals surface area contributed by atoms with Crippen LogP contribution in [0.15, 0.2) is 18.2 Å². The van der Waals surface area contributed by atoms with Gasteiger partial charge >= 0.3 is 0 Å². The van der Waals surface area contributed by atoms with Crippen LogP contribution in [0.4, 0.5) is 0 Å². The second-order valence-corrected chi connectivity index (χ2v) is 4.55. The van der Waals surface area contributed by atoms with Crippen molar-refractivity contribution >= 4 is 6.29 Å². The summed E-state index contributed by atoms with van der Waals surface area (Å²) in [5.74, 6) is 0.